The van der Waals surface area contributed by atoms with Crippen LogP contribution in [0.4, 0.5) is 4.79 Å². The predicted octanol–water partition coefficient (Wildman–Crippen LogP) is 0.289. The van der Waals surface area contributed by atoms with E-state index in [-0.39, 0.29) is 30.8 Å². The van der Waals surface area contributed by atoms with Gasteiger partial charge in [0.05, 0.1) is 6.54 Å². The van der Waals surface area contributed by atoms with Gasteiger partial charge in [-0.05, 0) is 24.1 Å². The number of carbonyl (C=O) groups excluding carboxylic acids is 2. The summed E-state index contributed by atoms with van der Waals surface area (Å²) in [5, 5.41) is 21.0. The fourth-order valence-corrected chi connectivity index (χ4v) is 2.68. The average molecular weight is 387 g/mol. The van der Waals surface area contributed by atoms with Crippen LogP contribution in [0.2, 0.25) is 0 Å². The summed E-state index contributed by atoms with van der Waals surface area (Å²) < 4.78 is 1.40. The Hall–Kier alpha value is -2.24. The van der Waals surface area contributed by atoms with Crippen molar-refractivity contribution in [1.29, 1.82) is 0 Å². The van der Waals surface area contributed by atoms with Crippen LogP contribution in [0.15, 0.2) is 35.2 Å². The largest absolute Gasteiger partial charge is 0.480 e. The minimum absolute atomic E-state index is 0.0720. The zero-order chi connectivity index (χ0) is 18.8. The monoisotopic (exact) mass is 387 g/mol. The van der Waals surface area contributed by atoms with Crippen LogP contribution in [0, 0.1) is 0 Å². The molecule has 1 saturated heterocycles. The van der Waals surface area contributed by atoms with E-state index >= 15 is 0 Å². The summed E-state index contributed by atoms with van der Waals surface area (Å²) >= 11 is 4.98. The van der Waals surface area contributed by atoms with E-state index in [0.29, 0.717) is 0 Å². The van der Waals surface area contributed by atoms with Crippen LogP contribution in [0.3, 0.4) is 0 Å². The summed E-state index contributed by atoms with van der Waals surface area (Å²) in [5.41, 5.74) is 0. The van der Waals surface area contributed by atoms with Crippen molar-refractivity contribution in [3.8, 4) is 0 Å². The number of hydrogen-bond acceptors (Lipinski definition) is 7. The maximum Gasteiger partial charge on any atom is 0.334 e. The SMILES string of the molecule is O=C(O)CNC(CS)C(=O)O.O=C1CN(Sc2ccccc2)C(=O)N1. The highest BCUT2D eigenvalue weighted by Gasteiger charge is 2.27. The summed E-state index contributed by atoms with van der Waals surface area (Å²) in [5.74, 6) is -2.36. The fourth-order valence-electron chi connectivity index (χ4n) is 1.55. The molecule has 1 aromatic carbocycles. The zero-order valence-electron chi connectivity index (χ0n) is 12.9. The minimum atomic E-state index is -1.10. The molecule has 136 valence electrons. The Morgan fingerprint density at radius 2 is 1.92 bits per heavy atom. The summed E-state index contributed by atoms with van der Waals surface area (Å²) in [7, 11) is 0. The maximum atomic E-state index is 11.2. The van der Waals surface area contributed by atoms with E-state index in [9.17, 15) is 19.2 Å². The van der Waals surface area contributed by atoms with Crippen LogP contribution < -0.4 is 10.6 Å². The Morgan fingerprint density at radius 1 is 1.28 bits per heavy atom. The van der Waals surface area contributed by atoms with Gasteiger partial charge in [-0.2, -0.15) is 12.6 Å². The summed E-state index contributed by atoms with van der Waals surface area (Å²) in [6, 6.07) is 8.22. The Balaban J connectivity index is 0.000000260. The quantitative estimate of drug-likeness (QED) is 0.256. The first-order valence-electron chi connectivity index (χ1n) is 6.96. The smallest absolute Gasteiger partial charge is 0.334 e. The van der Waals surface area contributed by atoms with Crippen molar-refractivity contribution < 1.29 is 29.4 Å². The molecule has 25 heavy (non-hydrogen) atoms. The highest BCUT2D eigenvalue weighted by Crippen LogP contribution is 2.23. The number of thiol groups is 1. The topological polar surface area (TPSA) is 136 Å². The maximum absolute atomic E-state index is 11.2. The molecule has 1 atom stereocenters. The summed E-state index contributed by atoms with van der Waals surface area (Å²) in [4.78, 5) is 43.2. The molecule has 3 amide bonds. The molecule has 0 radical (unpaired) electrons. The molecule has 4 N–H and O–H groups in total. The van der Waals surface area contributed by atoms with Gasteiger partial charge in [-0.3, -0.25) is 29.3 Å². The predicted molar refractivity (Wildman–Crippen MR) is 93.5 cm³/mol. The van der Waals surface area contributed by atoms with Gasteiger partial charge >= 0.3 is 18.0 Å². The van der Waals surface area contributed by atoms with E-state index in [4.69, 9.17) is 10.2 Å². The van der Waals surface area contributed by atoms with Crippen LogP contribution in [0.1, 0.15) is 0 Å². The van der Waals surface area contributed by atoms with Crippen LogP contribution >= 0.6 is 24.6 Å². The van der Waals surface area contributed by atoms with Crippen molar-refractivity contribution in [3.05, 3.63) is 30.3 Å². The highest BCUT2D eigenvalue weighted by molar-refractivity contribution is 7.97. The molecule has 1 fully saturated rings. The second-order valence-corrected chi connectivity index (χ2v) is 6.10. The van der Waals surface area contributed by atoms with Gasteiger partial charge in [0.25, 0.3) is 0 Å². The Morgan fingerprint density at radius 3 is 2.36 bits per heavy atom. The van der Waals surface area contributed by atoms with Crippen LogP contribution in [-0.4, -0.2) is 63.3 Å². The first-order chi connectivity index (χ1) is 11.8. The highest BCUT2D eigenvalue weighted by atomic mass is 32.2. The van der Waals surface area contributed by atoms with Crippen molar-refractivity contribution in [2.24, 2.45) is 0 Å². The van der Waals surface area contributed by atoms with Crippen LogP contribution in [-0.2, 0) is 14.4 Å². The molecule has 0 saturated carbocycles. The number of nitrogens with zero attached hydrogens (tertiary/aromatic N) is 1. The molecule has 11 heteroatoms. The van der Waals surface area contributed by atoms with Crippen molar-refractivity contribution in [3.63, 3.8) is 0 Å². The van der Waals surface area contributed by atoms with E-state index in [2.05, 4.69) is 23.3 Å². The standard InChI is InChI=1S/C9H8N2O2S.C5H9NO4S/c12-8-6-11(9(13)10-8)14-7-4-2-1-3-5-7;7-4(8)1-6-3(2-11)5(9)10/h1-5H,6H2,(H,10,12,13);3,6,11H,1-2H2,(H,7,8)(H,9,10). The molecular formula is C14H17N3O6S2. The lowest BCUT2D eigenvalue weighted by Gasteiger charge is -2.10. The van der Waals surface area contributed by atoms with Crippen molar-refractivity contribution >= 4 is 48.5 Å². The number of imide groups is 1. The molecule has 1 aromatic rings. The van der Waals surface area contributed by atoms with Gasteiger partial charge < -0.3 is 10.2 Å². The number of amides is 3. The van der Waals surface area contributed by atoms with Crippen LogP contribution in [0.5, 0.6) is 0 Å². The van der Waals surface area contributed by atoms with Gasteiger partial charge in [0.15, 0.2) is 0 Å². The number of benzene rings is 1. The number of carbonyl (C=O) groups is 4. The van der Waals surface area contributed by atoms with Gasteiger partial charge in [-0.25, -0.2) is 4.79 Å². The third-order valence-electron chi connectivity index (χ3n) is 2.70. The Kier molecular flexibility index (Phi) is 8.81. The molecule has 1 unspecified atom stereocenters. The van der Waals surface area contributed by atoms with E-state index in [0.717, 1.165) is 4.90 Å². The molecule has 1 heterocycles. The second-order valence-electron chi connectivity index (χ2n) is 4.64. The number of carboxylic acid groups (broad SMARTS) is 2. The molecule has 0 spiro atoms. The lowest BCUT2D eigenvalue weighted by atomic mass is 10.3. The first-order valence-corrected chi connectivity index (χ1v) is 8.37. The molecule has 1 aliphatic rings. The molecule has 0 aromatic heterocycles. The third kappa shape index (κ3) is 7.92. The van der Waals surface area contributed by atoms with Gasteiger partial charge in [0, 0.05) is 10.6 Å². The number of rotatable bonds is 7. The van der Waals surface area contributed by atoms with Crippen molar-refractivity contribution in [1.82, 2.24) is 14.9 Å². The van der Waals surface area contributed by atoms with E-state index < -0.39 is 18.0 Å². The molecule has 0 aliphatic carbocycles. The van der Waals surface area contributed by atoms with Crippen LogP contribution in [0.25, 0.3) is 0 Å². The fraction of sp³-hybridized carbons (Fsp3) is 0.286. The van der Waals surface area contributed by atoms with E-state index in [1.807, 2.05) is 30.3 Å². The van der Waals surface area contributed by atoms with E-state index in [1.54, 1.807) is 0 Å². The number of urea groups is 1. The summed E-state index contributed by atoms with van der Waals surface area (Å²) in [6.45, 7) is -0.240. The lowest BCUT2D eigenvalue weighted by molar-refractivity contribution is -0.139. The molecular weight excluding hydrogens is 370 g/mol. The van der Waals surface area contributed by atoms with Gasteiger partial charge in [0.2, 0.25) is 5.91 Å². The van der Waals surface area contributed by atoms with Gasteiger partial charge in [-0.1, -0.05) is 18.2 Å². The van der Waals surface area contributed by atoms with Gasteiger partial charge in [-0.15, -0.1) is 0 Å². The molecule has 2 rings (SSSR count). The Bertz CT molecular complexity index is 628. The second kappa shape index (κ2) is 10.6. The minimum Gasteiger partial charge on any atom is -0.480 e. The lowest BCUT2D eigenvalue weighted by Crippen LogP contribution is -2.40. The normalized spacial score (nSPS) is 14.4. The number of carboxylic acids is 2. The number of hydrogen-bond donors (Lipinski definition) is 5. The van der Waals surface area contributed by atoms with E-state index in [1.165, 1.54) is 16.3 Å². The Labute approximate surface area is 153 Å². The molecule has 1 aliphatic heterocycles. The summed E-state index contributed by atoms with van der Waals surface area (Å²) in [6.07, 6.45) is 0. The zero-order valence-corrected chi connectivity index (χ0v) is 14.6. The van der Waals surface area contributed by atoms with Crippen molar-refractivity contribution in [2.75, 3.05) is 18.8 Å². The third-order valence-corrected chi connectivity index (χ3v) is 4.06. The van der Waals surface area contributed by atoms with Gasteiger partial charge in [0.1, 0.15) is 12.6 Å². The van der Waals surface area contributed by atoms with Crippen molar-refractivity contribution in [2.45, 2.75) is 10.9 Å². The molecule has 9 nitrogen and oxygen atoms in total. The molecule has 0 bridgehead atoms. The first kappa shape index (κ1) is 20.8. The number of aliphatic carboxylic acids is 2. The average Bonchev–Trinajstić information content (AvgIpc) is 2.86. The number of nitrogens with one attached hydrogen (secondary N) is 2.